The summed E-state index contributed by atoms with van der Waals surface area (Å²) in [5.41, 5.74) is 0.871. The van der Waals surface area contributed by atoms with E-state index in [9.17, 15) is 4.79 Å². The summed E-state index contributed by atoms with van der Waals surface area (Å²) in [6, 6.07) is 15.3. The third kappa shape index (κ3) is 5.70. The normalized spacial score (nSPS) is 11.1. The monoisotopic (exact) mass is 428 g/mol. The Labute approximate surface area is 182 Å². The van der Waals surface area contributed by atoms with Crippen molar-refractivity contribution >= 4 is 32.6 Å². The molecule has 0 fully saturated rings. The second-order valence-corrected chi connectivity index (χ2v) is 7.92. The number of ether oxygens (including phenoxy) is 2. The van der Waals surface area contributed by atoms with Crippen LogP contribution >= 0.6 is 11.3 Å². The predicted molar refractivity (Wildman–Crippen MR) is 122 cm³/mol. The molecule has 0 spiro atoms. The van der Waals surface area contributed by atoms with Crippen LogP contribution in [0.1, 0.15) is 20.8 Å². The highest BCUT2D eigenvalue weighted by Crippen LogP contribution is 2.31. The van der Waals surface area contributed by atoms with E-state index >= 15 is 0 Å². The molecule has 7 heteroatoms. The SMILES string of the molecule is CCOc1ccc2nc(N(CC[NH+](CC)CC)C(=O)COc3ccccc3)sc2c1. The molecule has 0 saturated heterocycles. The van der Waals surface area contributed by atoms with Gasteiger partial charge in [0.1, 0.15) is 11.5 Å². The van der Waals surface area contributed by atoms with Gasteiger partial charge in [-0.15, -0.1) is 0 Å². The van der Waals surface area contributed by atoms with E-state index in [0.29, 0.717) is 24.0 Å². The number of hydrogen-bond acceptors (Lipinski definition) is 5. The van der Waals surface area contributed by atoms with Crippen molar-refractivity contribution in [3.05, 3.63) is 48.5 Å². The van der Waals surface area contributed by atoms with Gasteiger partial charge in [0.2, 0.25) is 0 Å². The average Bonchev–Trinajstić information content (AvgIpc) is 3.19. The zero-order chi connectivity index (χ0) is 21.3. The van der Waals surface area contributed by atoms with Crippen molar-refractivity contribution in [3.63, 3.8) is 0 Å². The fourth-order valence-electron chi connectivity index (χ4n) is 3.20. The van der Waals surface area contributed by atoms with Gasteiger partial charge in [-0.3, -0.25) is 9.69 Å². The van der Waals surface area contributed by atoms with Gasteiger partial charge < -0.3 is 14.4 Å². The lowest BCUT2D eigenvalue weighted by atomic mass is 10.3. The highest BCUT2D eigenvalue weighted by atomic mass is 32.1. The Morgan fingerprint density at radius 3 is 2.50 bits per heavy atom. The molecule has 160 valence electrons. The van der Waals surface area contributed by atoms with Crippen molar-refractivity contribution < 1.29 is 19.2 Å². The van der Waals surface area contributed by atoms with Crippen LogP contribution in [0.5, 0.6) is 11.5 Å². The van der Waals surface area contributed by atoms with Crippen molar-refractivity contribution in [1.29, 1.82) is 0 Å². The summed E-state index contributed by atoms with van der Waals surface area (Å²) in [6.45, 7) is 10.4. The van der Waals surface area contributed by atoms with Crippen molar-refractivity contribution in [2.75, 3.05) is 44.3 Å². The fraction of sp³-hybridized carbons (Fsp3) is 0.391. The predicted octanol–water partition coefficient (Wildman–Crippen LogP) is 3.03. The standard InChI is InChI=1S/C23H29N3O3S/c1-4-25(5-2)14-15-26(22(27)17-29-18-10-8-7-9-11-18)23-24-20-13-12-19(28-6-3)16-21(20)30-23/h7-13,16H,4-6,14-15,17H2,1-3H3/p+1. The van der Waals surface area contributed by atoms with Gasteiger partial charge in [-0.25, -0.2) is 4.98 Å². The maximum Gasteiger partial charge on any atom is 0.266 e. The van der Waals surface area contributed by atoms with Gasteiger partial charge in [0, 0.05) is 0 Å². The van der Waals surface area contributed by atoms with Crippen molar-refractivity contribution in [2.45, 2.75) is 20.8 Å². The van der Waals surface area contributed by atoms with Gasteiger partial charge in [-0.2, -0.15) is 0 Å². The summed E-state index contributed by atoms with van der Waals surface area (Å²) in [5, 5.41) is 0.701. The molecule has 1 N–H and O–H groups in total. The number of rotatable bonds is 11. The van der Waals surface area contributed by atoms with Crippen LogP contribution in [0, 0.1) is 0 Å². The van der Waals surface area contributed by atoms with Crippen LogP contribution in [0.4, 0.5) is 5.13 Å². The molecule has 0 unspecified atom stereocenters. The summed E-state index contributed by atoms with van der Waals surface area (Å²) in [5.74, 6) is 1.42. The number of thiazole rings is 1. The van der Waals surface area contributed by atoms with Crippen LogP contribution in [0.15, 0.2) is 48.5 Å². The zero-order valence-corrected chi connectivity index (χ0v) is 18.7. The Morgan fingerprint density at radius 1 is 1.03 bits per heavy atom. The number of carbonyl (C=O) groups is 1. The number of benzene rings is 2. The molecule has 3 rings (SSSR count). The lowest BCUT2D eigenvalue weighted by molar-refractivity contribution is -0.894. The number of likely N-dealkylation sites (N-methyl/N-ethyl adjacent to an activating group) is 1. The Bertz CT molecular complexity index is 941. The van der Waals surface area contributed by atoms with Crippen LogP contribution in [-0.2, 0) is 4.79 Å². The molecule has 0 aliphatic carbocycles. The van der Waals surface area contributed by atoms with E-state index in [1.165, 1.54) is 16.2 Å². The Hall–Kier alpha value is -2.64. The van der Waals surface area contributed by atoms with E-state index in [4.69, 9.17) is 14.5 Å². The van der Waals surface area contributed by atoms with E-state index in [1.807, 2.05) is 55.5 Å². The molecule has 1 aromatic heterocycles. The summed E-state index contributed by atoms with van der Waals surface area (Å²) in [7, 11) is 0. The van der Waals surface area contributed by atoms with Gasteiger partial charge in [-0.1, -0.05) is 29.5 Å². The second-order valence-electron chi connectivity index (χ2n) is 6.91. The molecule has 30 heavy (non-hydrogen) atoms. The summed E-state index contributed by atoms with van der Waals surface area (Å²) in [6.07, 6.45) is 0. The molecule has 6 nitrogen and oxygen atoms in total. The number of fused-ring (bicyclic) bond motifs is 1. The van der Waals surface area contributed by atoms with Gasteiger partial charge in [0.25, 0.3) is 5.91 Å². The quantitative estimate of drug-likeness (QED) is 0.510. The number of quaternary nitrogens is 1. The highest BCUT2D eigenvalue weighted by Gasteiger charge is 2.22. The van der Waals surface area contributed by atoms with Gasteiger partial charge in [-0.05, 0) is 51.1 Å². The molecular formula is C23H30N3O3S+. The number of hydrogen-bond donors (Lipinski definition) is 1. The molecule has 0 bridgehead atoms. The molecule has 0 aliphatic rings. The van der Waals surface area contributed by atoms with Crippen molar-refractivity contribution in [1.82, 2.24) is 4.98 Å². The Balaban J connectivity index is 1.80. The van der Waals surface area contributed by atoms with E-state index in [2.05, 4.69) is 13.8 Å². The van der Waals surface area contributed by atoms with Crippen LogP contribution in [0.3, 0.4) is 0 Å². The lowest BCUT2D eigenvalue weighted by Crippen LogP contribution is -3.12. The maximum atomic E-state index is 13.1. The third-order valence-electron chi connectivity index (χ3n) is 4.99. The first-order valence-electron chi connectivity index (χ1n) is 10.5. The van der Waals surface area contributed by atoms with E-state index < -0.39 is 0 Å². The van der Waals surface area contributed by atoms with E-state index in [0.717, 1.165) is 35.6 Å². The lowest BCUT2D eigenvalue weighted by Gasteiger charge is -2.23. The minimum absolute atomic E-state index is 0.0162. The van der Waals surface area contributed by atoms with Crippen LogP contribution in [-0.4, -0.2) is 50.3 Å². The molecule has 2 aromatic carbocycles. The first-order valence-corrected chi connectivity index (χ1v) is 11.3. The van der Waals surface area contributed by atoms with Gasteiger partial charge in [0.05, 0.1) is 43.0 Å². The number of nitrogens with one attached hydrogen (secondary N) is 1. The fourth-order valence-corrected chi connectivity index (χ4v) is 4.24. The van der Waals surface area contributed by atoms with E-state index in [-0.39, 0.29) is 12.5 Å². The maximum absolute atomic E-state index is 13.1. The van der Waals surface area contributed by atoms with Gasteiger partial charge in [0.15, 0.2) is 11.7 Å². The number of nitrogens with zero attached hydrogens (tertiary/aromatic N) is 2. The van der Waals surface area contributed by atoms with Crippen LogP contribution in [0.25, 0.3) is 10.2 Å². The number of aromatic nitrogens is 1. The van der Waals surface area contributed by atoms with E-state index in [1.54, 1.807) is 4.90 Å². The summed E-state index contributed by atoms with van der Waals surface area (Å²) < 4.78 is 12.3. The molecule has 0 radical (unpaired) electrons. The number of carbonyl (C=O) groups excluding carboxylic acids is 1. The first kappa shape index (κ1) is 22.1. The Kier molecular flexibility index (Phi) is 8.04. The Morgan fingerprint density at radius 2 is 1.80 bits per heavy atom. The van der Waals surface area contributed by atoms with Gasteiger partial charge >= 0.3 is 0 Å². The van der Waals surface area contributed by atoms with Crippen LogP contribution < -0.4 is 19.3 Å². The zero-order valence-electron chi connectivity index (χ0n) is 17.9. The molecule has 0 aliphatic heterocycles. The number of anilines is 1. The largest absolute Gasteiger partial charge is 0.494 e. The second kappa shape index (κ2) is 10.9. The topological polar surface area (TPSA) is 56.1 Å². The average molecular weight is 429 g/mol. The third-order valence-corrected chi connectivity index (χ3v) is 6.03. The molecule has 1 amide bonds. The molecular weight excluding hydrogens is 398 g/mol. The number of para-hydroxylation sites is 1. The minimum atomic E-state index is -0.0884. The smallest absolute Gasteiger partial charge is 0.266 e. The van der Waals surface area contributed by atoms with Crippen molar-refractivity contribution in [3.8, 4) is 11.5 Å². The van der Waals surface area contributed by atoms with Crippen molar-refractivity contribution in [2.24, 2.45) is 0 Å². The molecule has 3 aromatic rings. The minimum Gasteiger partial charge on any atom is -0.494 e. The number of amides is 1. The molecule has 0 atom stereocenters. The van der Waals surface area contributed by atoms with Crippen LogP contribution in [0.2, 0.25) is 0 Å². The summed E-state index contributed by atoms with van der Waals surface area (Å²) in [4.78, 5) is 21.0. The molecule has 1 heterocycles. The first-order chi connectivity index (χ1) is 14.6. The molecule has 0 saturated carbocycles. The highest BCUT2D eigenvalue weighted by molar-refractivity contribution is 7.22. The summed E-state index contributed by atoms with van der Waals surface area (Å²) >= 11 is 1.51.